The lowest BCUT2D eigenvalue weighted by molar-refractivity contribution is 0.0938. The van der Waals surface area contributed by atoms with Gasteiger partial charge in [0.15, 0.2) is 5.69 Å². The largest absolute Gasteiger partial charge is 0.340 e. The molecular weight excluding hydrogens is 348 g/mol. The van der Waals surface area contributed by atoms with Gasteiger partial charge in [-0.25, -0.2) is 4.68 Å². The molecule has 0 spiro atoms. The molecule has 144 valence electrons. The highest BCUT2D eigenvalue weighted by molar-refractivity contribution is 5.92. The van der Waals surface area contributed by atoms with E-state index in [-0.39, 0.29) is 11.9 Å². The fourth-order valence-corrected chi connectivity index (χ4v) is 3.94. The summed E-state index contributed by atoms with van der Waals surface area (Å²) in [6.07, 6.45) is 9.04. The van der Waals surface area contributed by atoms with Gasteiger partial charge in [0.1, 0.15) is 0 Å². The minimum absolute atomic E-state index is 0.197. The van der Waals surface area contributed by atoms with Gasteiger partial charge in [-0.3, -0.25) is 4.79 Å². The van der Waals surface area contributed by atoms with Crippen LogP contribution in [0.15, 0.2) is 66.9 Å². The van der Waals surface area contributed by atoms with E-state index in [2.05, 4.69) is 15.6 Å². The van der Waals surface area contributed by atoms with Gasteiger partial charge in [0.25, 0.3) is 5.91 Å². The number of amides is 1. The van der Waals surface area contributed by atoms with Gasteiger partial charge in [-0.15, -0.1) is 5.10 Å². The van der Waals surface area contributed by atoms with Crippen LogP contribution in [0.4, 0.5) is 0 Å². The molecular formula is C23H26N4O. The zero-order valence-corrected chi connectivity index (χ0v) is 16.0. The molecule has 0 unspecified atom stereocenters. The van der Waals surface area contributed by atoms with E-state index in [0.717, 1.165) is 24.0 Å². The number of hydrogen-bond acceptors (Lipinski definition) is 3. The Balaban J connectivity index is 1.53. The highest BCUT2D eigenvalue weighted by Crippen LogP contribution is 2.26. The summed E-state index contributed by atoms with van der Waals surface area (Å²) in [6, 6.07) is 20.1. The second kappa shape index (κ2) is 8.83. The Labute approximate surface area is 165 Å². The van der Waals surface area contributed by atoms with Gasteiger partial charge in [0.05, 0.1) is 18.3 Å². The molecule has 4 rings (SSSR count). The van der Waals surface area contributed by atoms with E-state index >= 15 is 0 Å². The lowest BCUT2D eigenvalue weighted by Gasteiger charge is -2.19. The van der Waals surface area contributed by atoms with E-state index in [1.54, 1.807) is 6.20 Å². The average molecular weight is 374 g/mol. The number of carbonyl (C=O) groups is 1. The first-order valence-corrected chi connectivity index (χ1v) is 10.1. The van der Waals surface area contributed by atoms with Gasteiger partial charge in [-0.05, 0) is 24.0 Å². The van der Waals surface area contributed by atoms with Crippen molar-refractivity contribution in [3.63, 3.8) is 0 Å². The summed E-state index contributed by atoms with van der Waals surface area (Å²) < 4.78 is 1.89. The molecule has 1 heterocycles. The van der Waals surface area contributed by atoms with Gasteiger partial charge in [0, 0.05) is 0 Å². The van der Waals surface area contributed by atoms with Crippen LogP contribution in [0.25, 0.3) is 0 Å². The van der Waals surface area contributed by atoms with E-state index in [9.17, 15) is 4.79 Å². The maximum atomic E-state index is 12.9. The Morgan fingerprint density at radius 3 is 2.04 bits per heavy atom. The molecule has 1 N–H and O–H groups in total. The third-order valence-electron chi connectivity index (χ3n) is 5.48. The number of nitrogens with one attached hydrogen (secondary N) is 1. The van der Waals surface area contributed by atoms with E-state index in [4.69, 9.17) is 0 Å². The number of nitrogens with zero attached hydrogens (tertiary/aromatic N) is 3. The van der Waals surface area contributed by atoms with Crippen molar-refractivity contribution in [2.75, 3.05) is 0 Å². The normalized spacial score (nSPS) is 15.3. The summed E-state index contributed by atoms with van der Waals surface area (Å²) in [4.78, 5) is 12.9. The Morgan fingerprint density at radius 2 is 1.46 bits per heavy atom. The molecule has 0 atom stereocenters. The van der Waals surface area contributed by atoms with Crippen molar-refractivity contribution in [3.8, 4) is 0 Å². The molecule has 0 aliphatic heterocycles. The van der Waals surface area contributed by atoms with Crippen molar-refractivity contribution in [2.45, 2.75) is 50.6 Å². The van der Waals surface area contributed by atoms with Crippen molar-refractivity contribution in [1.29, 1.82) is 0 Å². The van der Waals surface area contributed by atoms with E-state index in [1.807, 2.05) is 65.3 Å². The smallest absolute Gasteiger partial charge is 0.274 e. The summed E-state index contributed by atoms with van der Waals surface area (Å²) in [5, 5.41) is 11.6. The minimum atomic E-state index is -0.224. The Kier molecular flexibility index (Phi) is 5.80. The molecule has 0 radical (unpaired) electrons. The molecule has 2 aromatic carbocycles. The van der Waals surface area contributed by atoms with Crippen LogP contribution in [-0.2, 0) is 0 Å². The van der Waals surface area contributed by atoms with Crippen molar-refractivity contribution in [1.82, 2.24) is 20.3 Å². The van der Waals surface area contributed by atoms with Crippen molar-refractivity contribution in [3.05, 3.63) is 83.7 Å². The molecule has 28 heavy (non-hydrogen) atoms. The number of hydrogen-bond donors (Lipinski definition) is 1. The average Bonchev–Trinajstić information content (AvgIpc) is 3.09. The third-order valence-corrected chi connectivity index (χ3v) is 5.48. The highest BCUT2D eigenvalue weighted by atomic mass is 16.2. The fourth-order valence-electron chi connectivity index (χ4n) is 3.94. The molecule has 0 saturated heterocycles. The molecule has 1 saturated carbocycles. The van der Waals surface area contributed by atoms with Crippen LogP contribution >= 0.6 is 0 Å². The first-order valence-electron chi connectivity index (χ1n) is 10.1. The Bertz CT molecular complexity index is 844. The molecule has 1 amide bonds. The van der Waals surface area contributed by atoms with Crippen molar-refractivity contribution < 1.29 is 4.79 Å². The number of aromatic nitrogens is 3. The standard InChI is InChI=1S/C23H26N4O/c28-23(21-17-27(26-25-21)20-15-9-1-2-10-16-20)24-22(18-11-5-3-6-12-18)19-13-7-4-8-14-19/h3-8,11-14,17,20,22H,1-2,9-10,15-16H2,(H,24,28). The predicted molar refractivity (Wildman–Crippen MR) is 109 cm³/mol. The van der Waals surface area contributed by atoms with Gasteiger partial charge in [0.2, 0.25) is 0 Å². The molecule has 1 aliphatic carbocycles. The highest BCUT2D eigenvalue weighted by Gasteiger charge is 2.21. The van der Waals surface area contributed by atoms with Gasteiger partial charge in [-0.1, -0.05) is 91.6 Å². The van der Waals surface area contributed by atoms with E-state index < -0.39 is 0 Å². The summed E-state index contributed by atoms with van der Waals surface area (Å²) in [7, 11) is 0. The molecule has 5 nitrogen and oxygen atoms in total. The van der Waals surface area contributed by atoms with Crippen LogP contribution in [-0.4, -0.2) is 20.9 Å². The van der Waals surface area contributed by atoms with Crippen LogP contribution in [0.1, 0.15) is 72.2 Å². The lowest BCUT2D eigenvalue weighted by atomic mass is 9.98. The molecule has 1 aromatic heterocycles. The Morgan fingerprint density at radius 1 is 0.893 bits per heavy atom. The summed E-state index contributed by atoms with van der Waals surface area (Å²) in [6.45, 7) is 0. The first kappa shape index (κ1) is 18.4. The summed E-state index contributed by atoms with van der Waals surface area (Å²) in [5.41, 5.74) is 2.46. The van der Waals surface area contributed by atoms with Gasteiger partial charge >= 0.3 is 0 Å². The zero-order chi connectivity index (χ0) is 19.2. The molecule has 0 bridgehead atoms. The van der Waals surface area contributed by atoms with Gasteiger partial charge in [-0.2, -0.15) is 0 Å². The van der Waals surface area contributed by atoms with E-state index in [1.165, 1.54) is 25.7 Å². The summed E-state index contributed by atoms with van der Waals surface area (Å²) >= 11 is 0. The molecule has 5 heteroatoms. The van der Waals surface area contributed by atoms with Crippen LogP contribution in [0.3, 0.4) is 0 Å². The lowest BCUT2D eigenvalue weighted by Crippen LogP contribution is -2.29. The second-order valence-electron chi connectivity index (χ2n) is 7.46. The SMILES string of the molecule is O=C(NC(c1ccccc1)c1ccccc1)c1cn(C2CCCCCC2)nn1. The van der Waals surface area contributed by atoms with Crippen LogP contribution < -0.4 is 5.32 Å². The van der Waals surface area contributed by atoms with Crippen molar-refractivity contribution in [2.24, 2.45) is 0 Å². The monoisotopic (exact) mass is 374 g/mol. The quantitative estimate of drug-likeness (QED) is 0.659. The molecule has 1 aliphatic rings. The number of benzene rings is 2. The number of carbonyl (C=O) groups excluding carboxylic acids is 1. The zero-order valence-electron chi connectivity index (χ0n) is 16.0. The molecule has 1 fully saturated rings. The van der Waals surface area contributed by atoms with Crippen LogP contribution in [0.2, 0.25) is 0 Å². The Hall–Kier alpha value is -2.95. The number of rotatable bonds is 5. The minimum Gasteiger partial charge on any atom is -0.340 e. The fraction of sp³-hybridized carbons (Fsp3) is 0.348. The van der Waals surface area contributed by atoms with Crippen LogP contribution in [0, 0.1) is 0 Å². The third kappa shape index (κ3) is 4.30. The molecule has 3 aromatic rings. The van der Waals surface area contributed by atoms with Gasteiger partial charge < -0.3 is 5.32 Å². The maximum absolute atomic E-state index is 12.9. The predicted octanol–water partition coefficient (Wildman–Crippen LogP) is 4.69. The topological polar surface area (TPSA) is 59.8 Å². The first-order chi connectivity index (χ1) is 13.8. The van der Waals surface area contributed by atoms with E-state index in [0.29, 0.717) is 11.7 Å². The van der Waals surface area contributed by atoms with Crippen molar-refractivity contribution >= 4 is 5.91 Å². The summed E-state index contributed by atoms with van der Waals surface area (Å²) in [5.74, 6) is -0.197. The second-order valence-corrected chi connectivity index (χ2v) is 7.46. The maximum Gasteiger partial charge on any atom is 0.274 e. The van der Waals surface area contributed by atoms with Crippen LogP contribution in [0.5, 0.6) is 0 Å².